The molecular weight excluding hydrogens is 1130 g/mol. The molecule has 0 atom stereocenters. The van der Waals surface area contributed by atoms with E-state index in [1.807, 2.05) is 194 Å². The average molecular weight is 1180 g/mol. The third kappa shape index (κ3) is 9.68. The molecule has 0 aliphatic carbocycles. The van der Waals surface area contributed by atoms with Gasteiger partial charge in [-0.1, -0.05) is 231 Å². The van der Waals surface area contributed by atoms with Crippen molar-refractivity contribution >= 4 is 43.6 Å². The van der Waals surface area contributed by atoms with Crippen molar-refractivity contribution in [2.45, 2.75) is 0 Å². The number of rotatable bonds is 12. The van der Waals surface area contributed by atoms with Gasteiger partial charge in [0.05, 0.1) is 33.4 Å². The molecule has 0 aliphatic heterocycles. The van der Waals surface area contributed by atoms with Crippen LogP contribution in [0.25, 0.3) is 169 Å². The molecule has 12 heteroatoms. The minimum absolute atomic E-state index is 0.529. The van der Waals surface area contributed by atoms with E-state index in [4.69, 9.17) is 49.8 Å². The van der Waals surface area contributed by atoms with Crippen molar-refractivity contribution in [3.05, 3.63) is 304 Å². The molecule has 0 aliphatic rings. The largest absolute Gasteiger partial charge is 0.309 e. The topological polar surface area (TPSA) is 139 Å². The molecule has 0 bridgehead atoms. The maximum Gasteiger partial charge on any atom is 0.164 e. The minimum atomic E-state index is 0.529. The van der Waals surface area contributed by atoms with Crippen molar-refractivity contribution in [3.63, 3.8) is 0 Å². The van der Waals surface area contributed by atoms with Crippen molar-refractivity contribution in [1.82, 2.24) is 59.0 Å². The van der Waals surface area contributed by atoms with Gasteiger partial charge in [0, 0.05) is 95.1 Å². The summed E-state index contributed by atoms with van der Waals surface area (Å²) in [6.45, 7) is 0. The Morgan fingerprint density at radius 1 is 0.196 bits per heavy atom. The minimum Gasteiger partial charge on any atom is -0.309 e. The Bertz CT molecular complexity index is 5450. The van der Waals surface area contributed by atoms with E-state index in [0.29, 0.717) is 52.4 Å². The summed E-state index contributed by atoms with van der Waals surface area (Å²) in [4.78, 5) is 51.2. The number of fused-ring (bicyclic) bond motifs is 6. The molecular formula is C80H50N12. The molecule has 0 saturated carbocycles. The molecule has 0 N–H and O–H groups in total. The van der Waals surface area contributed by atoms with Crippen LogP contribution in [0.4, 0.5) is 0 Å². The van der Waals surface area contributed by atoms with E-state index in [2.05, 4.69) is 118 Å². The second-order valence-electron chi connectivity index (χ2n) is 22.4. The van der Waals surface area contributed by atoms with Crippen LogP contribution in [0.15, 0.2) is 304 Å². The highest BCUT2D eigenvalue weighted by Crippen LogP contribution is 2.44. The number of benzene rings is 11. The Kier molecular flexibility index (Phi) is 13.2. The number of pyridine rings is 1. The summed E-state index contributed by atoms with van der Waals surface area (Å²) in [7, 11) is 0. The molecule has 0 radical (unpaired) electrons. The van der Waals surface area contributed by atoms with Crippen molar-refractivity contribution in [2.75, 3.05) is 0 Å². The number of hydrogen-bond acceptors (Lipinski definition) is 10. The van der Waals surface area contributed by atoms with E-state index in [1.165, 1.54) is 0 Å². The summed E-state index contributed by atoms with van der Waals surface area (Å²) in [6.07, 6.45) is 3.86. The molecule has 17 aromatic rings. The molecule has 0 fully saturated rings. The van der Waals surface area contributed by atoms with Crippen LogP contribution in [0.2, 0.25) is 0 Å². The van der Waals surface area contributed by atoms with Gasteiger partial charge in [-0.3, -0.25) is 4.98 Å². The quantitative estimate of drug-likeness (QED) is 0.116. The molecule has 0 amide bonds. The van der Waals surface area contributed by atoms with Crippen LogP contribution in [0, 0.1) is 0 Å². The Labute approximate surface area is 528 Å². The lowest BCUT2D eigenvalue weighted by Gasteiger charge is -2.19. The third-order valence-corrected chi connectivity index (χ3v) is 16.8. The maximum atomic E-state index is 5.27. The smallest absolute Gasteiger partial charge is 0.164 e. The first kappa shape index (κ1) is 53.4. The Balaban J connectivity index is 0.882. The second-order valence-corrected chi connectivity index (χ2v) is 22.4. The Hall–Kier alpha value is -12.8. The molecule has 12 nitrogen and oxygen atoms in total. The van der Waals surface area contributed by atoms with E-state index in [1.54, 1.807) is 0 Å². The number of para-hydroxylation sites is 2. The standard InChI is InChI=1S/C80H50N12/c1-7-23-51(24-8-1)72-82-73(52-25-9-2-10-26-52)86-78(85-72)57-40-43-68-63(47-57)60-35-19-21-37-66(60)91(68)70-45-46-81-50-65(70)62-42-39-59(80-89-76(55-31-15-5-16-32-55)84-77(90-80)56-33-17-6-18-34-56)49-71(62)92-67-38-22-20-36-61(67)64-48-58(41-44-69(64)92)79-87-74(53-27-11-3-12-28-53)83-75(88-79)54-29-13-4-14-30-54/h1-50H. The molecule has 0 spiro atoms. The summed E-state index contributed by atoms with van der Waals surface area (Å²) in [5, 5.41) is 4.18. The van der Waals surface area contributed by atoms with Gasteiger partial charge in [0.15, 0.2) is 52.4 Å². The zero-order valence-corrected chi connectivity index (χ0v) is 49.2. The first-order chi connectivity index (χ1) is 45.6. The highest BCUT2D eigenvalue weighted by molar-refractivity contribution is 6.13. The van der Waals surface area contributed by atoms with Gasteiger partial charge < -0.3 is 9.13 Å². The van der Waals surface area contributed by atoms with Gasteiger partial charge in [-0.15, -0.1) is 0 Å². The summed E-state index contributed by atoms with van der Waals surface area (Å²) in [6, 6.07) is 99.3. The lowest BCUT2D eigenvalue weighted by Crippen LogP contribution is -2.04. The van der Waals surface area contributed by atoms with Gasteiger partial charge in [0.2, 0.25) is 0 Å². The van der Waals surface area contributed by atoms with Crippen molar-refractivity contribution in [2.24, 2.45) is 0 Å². The average Bonchev–Trinajstić information content (AvgIpc) is 1.70. The van der Waals surface area contributed by atoms with Crippen LogP contribution >= 0.6 is 0 Å². The number of aromatic nitrogens is 12. The van der Waals surface area contributed by atoms with Gasteiger partial charge in [-0.2, -0.15) is 0 Å². The maximum absolute atomic E-state index is 5.27. The predicted molar refractivity (Wildman–Crippen MR) is 367 cm³/mol. The van der Waals surface area contributed by atoms with Crippen molar-refractivity contribution in [1.29, 1.82) is 0 Å². The highest BCUT2D eigenvalue weighted by Gasteiger charge is 2.25. The van der Waals surface area contributed by atoms with Gasteiger partial charge in [-0.05, 0) is 60.7 Å². The van der Waals surface area contributed by atoms with E-state index < -0.39 is 0 Å². The van der Waals surface area contributed by atoms with Gasteiger partial charge in [0.1, 0.15) is 0 Å². The SMILES string of the molecule is c1ccc(-c2nc(-c3ccccc3)nc(-c3ccc(-c4cnccc4-n4c5ccccc5c5cc(-c6nc(-c7ccccc7)nc(-c7ccccc7)n6)ccc54)c(-n4c5ccccc5c5cc(-c6nc(-c7ccccc7)nc(-c7ccccc7)n6)ccc54)c3)n2)cc1. The van der Waals surface area contributed by atoms with Crippen LogP contribution in [0.3, 0.4) is 0 Å². The van der Waals surface area contributed by atoms with Gasteiger partial charge >= 0.3 is 0 Å². The molecule has 0 unspecified atom stereocenters. The highest BCUT2D eigenvalue weighted by atomic mass is 15.1. The van der Waals surface area contributed by atoms with E-state index in [0.717, 1.165) is 116 Å². The molecule has 11 aromatic carbocycles. The van der Waals surface area contributed by atoms with E-state index >= 15 is 0 Å². The second kappa shape index (κ2) is 22.7. The first-order valence-corrected chi connectivity index (χ1v) is 30.4. The zero-order chi connectivity index (χ0) is 60.9. The van der Waals surface area contributed by atoms with Gasteiger partial charge in [-0.25, -0.2) is 44.9 Å². The lowest BCUT2D eigenvalue weighted by molar-refractivity contribution is 1.07. The normalized spacial score (nSPS) is 11.5. The molecule has 6 heterocycles. The summed E-state index contributed by atoms with van der Waals surface area (Å²) in [5.41, 5.74) is 15.5. The van der Waals surface area contributed by atoms with Crippen molar-refractivity contribution in [3.8, 4) is 125 Å². The summed E-state index contributed by atoms with van der Waals surface area (Å²) < 4.78 is 4.71. The van der Waals surface area contributed by atoms with Crippen LogP contribution < -0.4 is 0 Å². The van der Waals surface area contributed by atoms with Crippen molar-refractivity contribution < 1.29 is 0 Å². The molecule has 17 rings (SSSR count). The molecule has 92 heavy (non-hydrogen) atoms. The van der Waals surface area contributed by atoms with E-state index in [9.17, 15) is 0 Å². The molecule has 0 saturated heterocycles. The zero-order valence-electron chi connectivity index (χ0n) is 49.2. The van der Waals surface area contributed by atoms with Gasteiger partial charge in [0.25, 0.3) is 0 Å². The first-order valence-electron chi connectivity index (χ1n) is 30.4. The van der Waals surface area contributed by atoms with E-state index in [-0.39, 0.29) is 0 Å². The predicted octanol–water partition coefficient (Wildman–Crippen LogP) is 18.5. The fraction of sp³-hybridized carbons (Fsp3) is 0. The Morgan fingerprint density at radius 3 is 0.837 bits per heavy atom. The fourth-order valence-corrected chi connectivity index (χ4v) is 12.4. The monoisotopic (exact) mass is 1180 g/mol. The summed E-state index contributed by atoms with van der Waals surface area (Å²) in [5.74, 6) is 5.21. The third-order valence-electron chi connectivity index (χ3n) is 16.8. The molecule has 6 aromatic heterocycles. The Morgan fingerprint density at radius 2 is 0.478 bits per heavy atom. The van der Waals surface area contributed by atoms with Crippen LogP contribution in [0.1, 0.15) is 0 Å². The van der Waals surface area contributed by atoms with Crippen LogP contribution in [-0.4, -0.2) is 59.0 Å². The number of nitrogens with zero attached hydrogens (tertiary/aromatic N) is 12. The number of hydrogen-bond donors (Lipinski definition) is 0. The van der Waals surface area contributed by atoms with Crippen LogP contribution in [0.5, 0.6) is 0 Å². The molecule has 430 valence electrons. The lowest BCUT2D eigenvalue weighted by atomic mass is 10.00. The fourth-order valence-electron chi connectivity index (χ4n) is 12.4. The summed E-state index contributed by atoms with van der Waals surface area (Å²) >= 11 is 0. The van der Waals surface area contributed by atoms with Crippen LogP contribution in [-0.2, 0) is 0 Å².